The van der Waals surface area contributed by atoms with Crippen molar-refractivity contribution in [2.24, 2.45) is 0 Å². The van der Waals surface area contributed by atoms with Gasteiger partial charge in [0.05, 0.1) is 10.9 Å². The Kier molecular flexibility index (Phi) is 2.25. The van der Waals surface area contributed by atoms with Gasteiger partial charge in [0.2, 0.25) is 0 Å². The molecule has 1 heterocycles. The van der Waals surface area contributed by atoms with E-state index in [2.05, 4.69) is 11.6 Å². The van der Waals surface area contributed by atoms with Crippen molar-refractivity contribution >= 4 is 10.9 Å². The molecule has 1 aromatic carbocycles. The zero-order valence-corrected chi connectivity index (χ0v) is 8.06. The Hall–Kier alpha value is -2.10. The molecule has 4 nitrogen and oxygen atoms in total. The molecule has 0 bridgehead atoms. The fraction of sp³-hybridized carbons (Fsp3) is 0.0909. The van der Waals surface area contributed by atoms with Crippen LogP contribution in [0.3, 0.4) is 0 Å². The molecule has 0 amide bonds. The quantitative estimate of drug-likeness (QED) is 0.735. The lowest BCUT2D eigenvalue weighted by atomic mass is 10.2. The van der Waals surface area contributed by atoms with E-state index in [0.29, 0.717) is 10.9 Å². The predicted octanol–water partition coefficient (Wildman–Crippen LogP) is 0.876. The Balaban J connectivity index is 2.90. The Morgan fingerprint density at radius 3 is 2.80 bits per heavy atom. The van der Waals surface area contributed by atoms with Gasteiger partial charge in [0.1, 0.15) is 0 Å². The van der Waals surface area contributed by atoms with Crippen molar-refractivity contribution in [3.05, 3.63) is 57.8 Å². The van der Waals surface area contributed by atoms with Crippen molar-refractivity contribution in [3.8, 4) is 0 Å². The number of rotatable bonds is 2. The summed E-state index contributed by atoms with van der Waals surface area (Å²) in [6, 6.07) is 6.93. The molecule has 0 atom stereocenters. The van der Waals surface area contributed by atoms with Gasteiger partial charge >= 0.3 is 5.69 Å². The van der Waals surface area contributed by atoms with Crippen molar-refractivity contribution in [2.75, 3.05) is 0 Å². The summed E-state index contributed by atoms with van der Waals surface area (Å²) in [5.74, 6) is 0. The molecular formula is C11H10N2O2. The summed E-state index contributed by atoms with van der Waals surface area (Å²) < 4.78 is 1.12. The normalized spacial score (nSPS) is 10.4. The summed E-state index contributed by atoms with van der Waals surface area (Å²) in [4.78, 5) is 26.0. The lowest BCUT2D eigenvalue weighted by Crippen LogP contribution is -2.34. The number of benzene rings is 1. The van der Waals surface area contributed by atoms with Crippen LogP contribution in [0, 0.1) is 0 Å². The molecule has 1 aromatic heterocycles. The van der Waals surface area contributed by atoms with E-state index in [4.69, 9.17) is 0 Å². The highest BCUT2D eigenvalue weighted by Crippen LogP contribution is 2.02. The maximum atomic E-state index is 11.8. The Morgan fingerprint density at radius 2 is 2.07 bits per heavy atom. The number of H-pyrrole nitrogens is 1. The van der Waals surface area contributed by atoms with E-state index in [9.17, 15) is 9.59 Å². The molecule has 2 aromatic rings. The van der Waals surface area contributed by atoms with Crippen LogP contribution in [-0.2, 0) is 6.54 Å². The minimum Gasteiger partial charge on any atom is -0.307 e. The minimum atomic E-state index is -0.404. The first-order chi connectivity index (χ1) is 7.24. The molecule has 0 aliphatic heterocycles. The van der Waals surface area contributed by atoms with Crippen molar-refractivity contribution in [1.82, 2.24) is 9.55 Å². The van der Waals surface area contributed by atoms with Gasteiger partial charge in [-0.1, -0.05) is 18.2 Å². The predicted molar refractivity (Wildman–Crippen MR) is 59.0 cm³/mol. The third kappa shape index (κ3) is 1.50. The average molecular weight is 202 g/mol. The molecule has 0 spiro atoms. The number of para-hydroxylation sites is 1. The summed E-state index contributed by atoms with van der Waals surface area (Å²) in [7, 11) is 0. The van der Waals surface area contributed by atoms with Crippen LogP contribution in [-0.4, -0.2) is 9.55 Å². The van der Waals surface area contributed by atoms with Gasteiger partial charge in [-0.3, -0.25) is 9.36 Å². The van der Waals surface area contributed by atoms with Gasteiger partial charge in [-0.2, -0.15) is 0 Å². The van der Waals surface area contributed by atoms with Gasteiger partial charge < -0.3 is 4.98 Å². The van der Waals surface area contributed by atoms with Gasteiger partial charge in [-0.05, 0) is 12.1 Å². The maximum absolute atomic E-state index is 11.8. The molecule has 4 heteroatoms. The second kappa shape index (κ2) is 3.57. The summed E-state index contributed by atoms with van der Waals surface area (Å²) in [5.41, 5.74) is -0.124. The number of fused-ring (bicyclic) bond motifs is 1. The second-order valence-electron chi connectivity index (χ2n) is 3.18. The van der Waals surface area contributed by atoms with Crippen molar-refractivity contribution in [1.29, 1.82) is 0 Å². The zero-order chi connectivity index (χ0) is 10.8. The summed E-state index contributed by atoms with van der Waals surface area (Å²) in [5, 5.41) is 0.513. The van der Waals surface area contributed by atoms with Crippen molar-refractivity contribution in [3.63, 3.8) is 0 Å². The van der Waals surface area contributed by atoms with Crippen LogP contribution in [0.15, 0.2) is 46.5 Å². The van der Waals surface area contributed by atoms with Crippen LogP contribution in [0.25, 0.3) is 10.9 Å². The van der Waals surface area contributed by atoms with E-state index in [-0.39, 0.29) is 12.1 Å². The first-order valence-electron chi connectivity index (χ1n) is 4.57. The Bertz CT molecular complexity index is 622. The topological polar surface area (TPSA) is 54.9 Å². The van der Waals surface area contributed by atoms with Crippen LogP contribution in [0.2, 0.25) is 0 Å². The highest BCUT2D eigenvalue weighted by atomic mass is 16.2. The minimum absolute atomic E-state index is 0.221. The van der Waals surface area contributed by atoms with Gasteiger partial charge in [-0.25, -0.2) is 4.79 Å². The highest BCUT2D eigenvalue weighted by molar-refractivity contribution is 5.76. The van der Waals surface area contributed by atoms with E-state index in [1.54, 1.807) is 24.3 Å². The van der Waals surface area contributed by atoms with Crippen LogP contribution < -0.4 is 11.2 Å². The Morgan fingerprint density at radius 1 is 1.33 bits per heavy atom. The van der Waals surface area contributed by atoms with E-state index < -0.39 is 5.69 Å². The molecule has 15 heavy (non-hydrogen) atoms. The molecule has 2 rings (SSSR count). The fourth-order valence-electron chi connectivity index (χ4n) is 1.49. The first kappa shape index (κ1) is 9.45. The molecule has 76 valence electrons. The number of hydrogen-bond donors (Lipinski definition) is 1. The van der Waals surface area contributed by atoms with Crippen LogP contribution in [0.4, 0.5) is 0 Å². The molecular weight excluding hydrogens is 192 g/mol. The average Bonchev–Trinajstić information content (AvgIpc) is 2.24. The highest BCUT2D eigenvalue weighted by Gasteiger charge is 2.04. The number of nitrogens with zero attached hydrogens (tertiary/aromatic N) is 1. The number of aromatic amines is 1. The molecule has 0 aliphatic carbocycles. The largest absolute Gasteiger partial charge is 0.329 e. The van der Waals surface area contributed by atoms with E-state index in [0.717, 1.165) is 4.57 Å². The van der Waals surface area contributed by atoms with E-state index in [1.807, 2.05) is 0 Å². The van der Waals surface area contributed by atoms with Crippen molar-refractivity contribution < 1.29 is 0 Å². The zero-order valence-electron chi connectivity index (χ0n) is 8.06. The molecule has 0 radical (unpaired) electrons. The third-order valence-corrected chi connectivity index (χ3v) is 2.20. The first-order valence-corrected chi connectivity index (χ1v) is 4.57. The molecule has 1 N–H and O–H groups in total. The van der Waals surface area contributed by atoms with E-state index >= 15 is 0 Å². The molecule has 0 aliphatic rings. The van der Waals surface area contributed by atoms with Gasteiger partial charge in [0.15, 0.2) is 0 Å². The number of hydrogen-bond acceptors (Lipinski definition) is 2. The van der Waals surface area contributed by atoms with Gasteiger partial charge in [-0.15, -0.1) is 6.58 Å². The second-order valence-corrected chi connectivity index (χ2v) is 3.18. The number of nitrogens with one attached hydrogen (secondary N) is 1. The van der Waals surface area contributed by atoms with Gasteiger partial charge in [0, 0.05) is 6.54 Å². The van der Waals surface area contributed by atoms with Crippen LogP contribution >= 0.6 is 0 Å². The van der Waals surface area contributed by atoms with Crippen molar-refractivity contribution in [2.45, 2.75) is 6.54 Å². The monoisotopic (exact) mass is 202 g/mol. The SMILES string of the molecule is C=CCn1c(=O)[nH]c2ccccc2c1=O. The third-order valence-electron chi connectivity index (χ3n) is 2.20. The lowest BCUT2D eigenvalue weighted by molar-refractivity contribution is 0.728. The maximum Gasteiger partial charge on any atom is 0.329 e. The molecule has 0 unspecified atom stereocenters. The fourth-order valence-corrected chi connectivity index (χ4v) is 1.49. The van der Waals surface area contributed by atoms with Crippen LogP contribution in [0.5, 0.6) is 0 Å². The summed E-state index contributed by atoms with van der Waals surface area (Å²) in [6.07, 6.45) is 1.52. The van der Waals surface area contributed by atoms with E-state index in [1.165, 1.54) is 6.08 Å². The smallest absolute Gasteiger partial charge is 0.307 e. The summed E-state index contributed by atoms with van der Waals surface area (Å²) in [6.45, 7) is 3.73. The Labute approximate surface area is 85.5 Å². The molecule has 0 saturated heterocycles. The summed E-state index contributed by atoms with van der Waals surface area (Å²) >= 11 is 0. The lowest BCUT2D eigenvalue weighted by Gasteiger charge is -2.02. The van der Waals surface area contributed by atoms with Gasteiger partial charge in [0.25, 0.3) is 5.56 Å². The standard InChI is InChI=1S/C11H10N2O2/c1-2-7-13-10(14)8-5-3-4-6-9(8)12-11(13)15/h2-6H,1,7H2,(H,12,15). The number of allylic oxidation sites excluding steroid dienone is 1. The number of aromatic nitrogens is 2. The van der Waals surface area contributed by atoms with Crippen LogP contribution in [0.1, 0.15) is 0 Å². The molecule has 0 fully saturated rings. The molecule has 0 saturated carbocycles.